The van der Waals surface area contributed by atoms with Crippen LogP contribution in [-0.2, 0) is 16.4 Å². The Kier molecular flexibility index (Phi) is 6.29. The van der Waals surface area contributed by atoms with Gasteiger partial charge in [0.1, 0.15) is 15.7 Å². The molecule has 0 heterocycles. The van der Waals surface area contributed by atoms with Crippen LogP contribution in [0.25, 0.3) is 0 Å². The van der Waals surface area contributed by atoms with Crippen molar-refractivity contribution in [2.24, 2.45) is 0 Å². The molecule has 0 aliphatic carbocycles. The summed E-state index contributed by atoms with van der Waals surface area (Å²) in [6.07, 6.45) is 1.21. The van der Waals surface area contributed by atoms with Crippen molar-refractivity contribution in [1.82, 2.24) is 5.32 Å². The molecule has 108 valence electrons. The highest BCUT2D eigenvalue weighted by molar-refractivity contribution is 8.00. The second-order valence-corrected chi connectivity index (χ2v) is 8.13. The van der Waals surface area contributed by atoms with E-state index in [0.29, 0.717) is 17.9 Å². The molecule has 0 radical (unpaired) electrons. The third-order valence-corrected chi connectivity index (χ3v) is 4.78. The zero-order chi connectivity index (χ0) is 14.5. The summed E-state index contributed by atoms with van der Waals surface area (Å²) in [5, 5.41) is 3.18. The second kappa shape index (κ2) is 7.26. The summed E-state index contributed by atoms with van der Waals surface area (Å²) in [4.78, 5) is 0.803. The van der Waals surface area contributed by atoms with Gasteiger partial charge in [0, 0.05) is 35.1 Å². The fourth-order valence-corrected chi connectivity index (χ4v) is 3.74. The number of rotatable bonds is 7. The van der Waals surface area contributed by atoms with Crippen LogP contribution in [0.4, 0.5) is 4.39 Å². The minimum atomic E-state index is -2.97. The predicted molar refractivity (Wildman–Crippen MR) is 78.8 cm³/mol. The van der Waals surface area contributed by atoms with E-state index in [9.17, 15) is 12.8 Å². The Morgan fingerprint density at radius 1 is 1.37 bits per heavy atom. The third kappa shape index (κ3) is 6.40. The molecule has 0 saturated heterocycles. The van der Waals surface area contributed by atoms with E-state index >= 15 is 0 Å². The quantitative estimate of drug-likeness (QED) is 0.786. The minimum absolute atomic E-state index is 0.102. The molecule has 1 rings (SSSR count). The molecular formula is C13H20FNO2S2. The first-order valence-corrected chi connectivity index (χ1v) is 9.15. The fourth-order valence-electron chi connectivity index (χ4n) is 1.45. The molecular weight excluding hydrogens is 285 g/mol. The molecule has 0 aliphatic rings. The van der Waals surface area contributed by atoms with Crippen molar-refractivity contribution < 1.29 is 12.8 Å². The second-order valence-electron chi connectivity index (χ2n) is 4.73. The Morgan fingerprint density at radius 3 is 2.63 bits per heavy atom. The van der Waals surface area contributed by atoms with E-state index in [1.54, 1.807) is 6.07 Å². The van der Waals surface area contributed by atoms with Crippen LogP contribution in [-0.4, -0.2) is 32.2 Å². The normalized spacial score (nSPS) is 12.1. The van der Waals surface area contributed by atoms with E-state index < -0.39 is 9.84 Å². The lowest BCUT2D eigenvalue weighted by molar-refractivity contribution is 0.546. The van der Waals surface area contributed by atoms with Crippen molar-refractivity contribution in [3.8, 4) is 0 Å². The Balaban J connectivity index is 2.73. The zero-order valence-corrected chi connectivity index (χ0v) is 13.1. The van der Waals surface area contributed by atoms with E-state index in [-0.39, 0.29) is 17.6 Å². The summed E-state index contributed by atoms with van der Waals surface area (Å²) < 4.78 is 36.0. The third-order valence-electron chi connectivity index (χ3n) is 2.47. The largest absolute Gasteiger partial charge is 0.310 e. The molecule has 0 atom stereocenters. The smallest absolute Gasteiger partial charge is 0.148 e. The maximum Gasteiger partial charge on any atom is 0.148 e. The summed E-state index contributed by atoms with van der Waals surface area (Å²) in [5.41, 5.74) is 0.606. The molecule has 0 saturated carbocycles. The highest BCUT2D eigenvalue weighted by atomic mass is 32.2. The highest BCUT2D eigenvalue weighted by Gasteiger charge is 2.10. The van der Waals surface area contributed by atoms with Crippen LogP contribution < -0.4 is 5.32 Å². The van der Waals surface area contributed by atoms with E-state index in [1.165, 1.54) is 24.1 Å². The van der Waals surface area contributed by atoms with Crippen molar-refractivity contribution >= 4 is 21.6 Å². The lowest BCUT2D eigenvalue weighted by Gasteiger charge is -2.13. The highest BCUT2D eigenvalue weighted by Crippen LogP contribution is 2.25. The molecule has 1 N–H and O–H groups in total. The van der Waals surface area contributed by atoms with Gasteiger partial charge in [-0.15, -0.1) is 11.8 Å². The monoisotopic (exact) mass is 305 g/mol. The number of benzene rings is 1. The van der Waals surface area contributed by atoms with Gasteiger partial charge in [-0.25, -0.2) is 12.8 Å². The van der Waals surface area contributed by atoms with Gasteiger partial charge in [-0.05, 0) is 12.1 Å². The lowest BCUT2D eigenvalue weighted by Crippen LogP contribution is -2.22. The maximum absolute atomic E-state index is 13.8. The molecule has 0 spiro atoms. The number of hydrogen-bond donors (Lipinski definition) is 1. The fraction of sp³-hybridized carbons (Fsp3) is 0.538. The minimum Gasteiger partial charge on any atom is -0.310 e. The van der Waals surface area contributed by atoms with Crippen LogP contribution in [0.5, 0.6) is 0 Å². The van der Waals surface area contributed by atoms with Gasteiger partial charge in [0.05, 0.1) is 5.75 Å². The van der Waals surface area contributed by atoms with Gasteiger partial charge in [-0.1, -0.05) is 19.9 Å². The number of hydrogen-bond acceptors (Lipinski definition) is 4. The van der Waals surface area contributed by atoms with Gasteiger partial charge in [0.15, 0.2) is 0 Å². The van der Waals surface area contributed by atoms with Gasteiger partial charge in [0.2, 0.25) is 0 Å². The first-order chi connectivity index (χ1) is 8.79. The SMILES string of the molecule is CC(C)NCc1c(F)cccc1SCCS(C)(=O)=O. The van der Waals surface area contributed by atoms with Crippen LogP contribution in [0.1, 0.15) is 19.4 Å². The molecule has 19 heavy (non-hydrogen) atoms. The van der Waals surface area contributed by atoms with Crippen LogP contribution >= 0.6 is 11.8 Å². The lowest BCUT2D eigenvalue weighted by atomic mass is 10.2. The van der Waals surface area contributed by atoms with Crippen LogP contribution in [0.2, 0.25) is 0 Å². The zero-order valence-electron chi connectivity index (χ0n) is 11.4. The summed E-state index contributed by atoms with van der Waals surface area (Å²) in [5.74, 6) is 0.292. The van der Waals surface area contributed by atoms with Crippen LogP contribution in [0.3, 0.4) is 0 Å². The molecule has 0 amide bonds. The first-order valence-electron chi connectivity index (χ1n) is 6.11. The Labute approximate surface area is 118 Å². The van der Waals surface area contributed by atoms with Gasteiger partial charge in [0.25, 0.3) is 0 Å². The predicted octanol–water partition coefficient (Wildman–Crippen LogP) is 2.46. The van der Waals surface area contributed by atoms with Gasteiger partial charge >= 0.3 is 0 Å². The average Bonchev–Trinajstić information content (AvgIpc) is 2.26. The molecule has 0 fully saturated rings. The number of halogens is 1. The van der Waals surface area contributed by atoms with E-state index in [0.717, 1.165) is 4.90 Å². The summed E-state index contributed by atoms with van der Waals surface area (Å²) >= 11 is 1.38. The van der Waals surface area contributed by atoms with E-state index in [2.05, 4.69) is 5.32 Å². The summed E-state index contributed by atoms with van der Waals surface area (Å²) in [7, 11) is -2.97. The van der Waals surface area contributed by atoms with Crippen LogP contribution in [0.15, 0.2) is 23.1 Å². The number of nitrogens with one attached hydrogen (secondary N) is 1. The topological polar surface area (TPSA) is 46.2 Å². The molecule has 1 aromatic rings. The molecule has 1 aromatic carbocycles. The maximum atomic E-state index is 13.8. The molecule has 0 aliphatic heterocycles. The van der Waals surface area contributed by atoms with Crippen molar-refractivity contribution in [3.63, 3.8) is 0 Å². The Hall–Kier alpha value is -0.590. The Morgan fingerprint density at radius 2 is 2.05 bits per heavy atom. The van der Waals surface area contributed by atoms with Crippen molar-refractivity contribution in [1.29, 1.82) is 0 Å². The number of sulfone groups is 1. The molecule has 0 aromatic heterocycles. The number of thioether (sulfide) groups is 1. The van der Waals surface area contributed by atoms with Gasteiger partial charge < -0.3 is 5.32 Å². The Bertz CT molecular complexity index is 515. The standard InChI is InChI=1S/C13H20FNO2S2/c1-10(2)15-9-11-12(14)5-4-6-13(11)18-7-8-19(3,16)17/h4-6,10,15H,7-9H2,1-3H3. The summed E-state index contributed by atoms with van der Waals surface area (Å²) in [6, 6.07) is 5.18. The van der Waals surface area contributed by atoms with Gasteiger partial charge in [-0.2, -0.15) is 0 Å². The van der Waals surface area contributed by atoms with E-state index in [4.69, 9.17) is 0 Å². The average molecular weight is 305 g/mol. The van der Waals surface area contributed by atoms with E-state index in [1.807, 2.05) is 19.9 Å². The molecule has 0 bridgehead atoms. The van der Waals surface area contributed by atoms with Crippen molar-refractivity contribution in [2.45, 2.75) is 31.3 Å². The van der Waals surface area contributed by atoms with Crippen molar-refractivity contribution in [3.05, 3.63) is 29.6 Å². The first kappa shape index (κ1) is 16.5. The summed E-state index contributed by atoms with van der Waals surface area (Å²) in [6.45, 7) is 4.44. The molecule has 3 nitrogen and oxygen atoms in total. The van der Waals surface area contributed by atoms with Crippen molar-refractivity contribution in [2.75, 3.05) is 17.8 Å². The molecule has 6 heteroatoms. The molecule has 0 unspecified atom stereocenters. The van der Waals surface area contributed by atoms with Gasteiger partial charge in [-0.3, -0.25) is 0 Å². The van der Waals surface area contributed by atoms with Crippen LogP contribution in [0, 0.1) is 5.82 Å².